The van der Waals surface area contributed by atoms with Crippen LogP contribution in [0.4, 0.5) is 10.1 Å². The second-order valence-electron chi connectivity index (χ2n) is 7.99. The van der Waals surface area contributed by atoms with E-state index in [0.29, 0.717) is 49.5 Å². The number of piperidine rings is 1. The Morgan fingerprint density at radius 3 is 2.34 bits per heavy atom. The van der Waals surface area contributed by atoms with Crippen molar-refractivity contribution in [2.75, 3.05) is 24.6 Å². The molecule has 2 aliphatic rings. The van der Waals surface area contributed by atoms with Crippen LogP contribution in [0.5, 0.6) is 5.75 Å². The number of hydrogen-bond donors (Lipinski definition) is 1. The quantitative estimate of drug-likeness (QED) is 0.701. The Labute approximate surface area is 186 Å². The smallest absolute Gasteiger partial charge is 0.253 e. The molecule has 0 saturated carbocycles. The lowest BCUT2D eigenvalue weighted by atomic mass is 10.0. The fourth-order valence-corrected chi connectivity index (χ4v) is 4.20. The summed E-state index contributed by atoms with van der Waals surface area (Å²) >= 11 is 0. The fraction of sp³-hybridized carbons (Fsp3) is 0.375. The number of imide groups is 1. The van der Waals surface area contributed by atoms with Crippen molar-refractivity contribution in [2.24, 2.45) is 0 Å². The largest absolute Gasteiger partial charge is 0.494 e. The lowest BCUT2D eigenvalue weighted by Gasteiger charge is -2.33. The molecule has 4 rings (SSSR count). The molecule has 8 heteroatoms. The van der Waals surface area contributed by atoms with Gasteiger partial charge >= 0.3 is 0 Å². The van der Waals surface area contributed by atoms with Gasteiger partial charge in [-0.25, -0.2) is 9.29 Å². The Balaban J connectivity index is 1.32. The Morgan fingerprint density at radius 2 is 1.72 bits per heavy atom. The van der Waals surface area contributed by atoms with Gasteiger partial charge in [0.05, 0.1) is 24.8 Å². The number of nitrogens with zero attached hydrogens (tertiary/aromatic N) is 2. The highest BCUT2D eigenvalue weighted by atomic mass is 19.1. The monoisotopic (exact) mass is 439 g/mol. The van der Waals surface area contributed by atoms with Crippen molar-refractivity contribution in [3.8, 4) is 5.75 Å². The van der Waals surface area contributed by atoms with Gasteiger partial charge in [0.2, 0.25) is 5.91 Å². The van der Waals surface area contributed by atoms with Crippen molar-refractivity contribution in [1.82, 2.24) is 10.2 Å². The molecule has 2 aromatic rings. The number of carbonyl (C=O) groups excluding carboxylic acids is 3. The Hall–Kier alpha value is -3.26. The summed E-state index contributed by atoms with van der Waals surface area (Å²) in [6.07, 6.45) is 1.46. The minimum Gasteiger partial charge on any atom is -0.494 e. The first-order chi connectivity index (χ1) is 15.5. The summed E-state index contributed by atoms with van der Waals surface area (Å²) in [6, 6.07) is 11.9. The molecule has 7 nitrogen and oxygen atoms in total. The van der Waals surface area contributed by atoms with Crippen molar-refractivity contribution < 1.29 is 23.5 Å². The average molecular weight is 439 g/mol. The molecule has 3 amide bonds. The molecule has 2 fully saturated rings. The zero-order valence-electron chi connectivity index (χ0n) is 17.9. The average Bonchev–Trinajstić information content (AvgIpc) is 3.08. The van der Waals surface area contributed by atoms with Crippen molar-refractivity contribution in [1.29, 1.82) is 0 Å². The summed E-state index contributed by atoms with van der Waals surface area (Å²) in [5.74, 6) is -0.312. The molecule has 2 heterocycles. The lowest BCUT2D eigenvalue weighted by molar-refractivity contribution is -0.121. The first-order valence-corrected chi connectivity index (χ1v) is 10.9. The summed E-state index contributed by atoms with van der Waals surface area (Å²) in [6.45, 7) is 3.50. The molecule has 168 valence electrons. The number of hydrogen-bond acceptors (Lipinski definition) is 5. The van der Waals surface area contributed by atoms with E-state index in [1.807, 2.05) is 6.92 Å². The normalized spacial score (nSPS) is 19.5. The van der Waals surface area contributed by atoms with Crippen LogP contribution in [0.2, 0.25) is 0 Å². The van der Waals surface area contributed by atoms with Gasteiger partial charge < -0.3 is 15.0 Å². The maximum atomic E-state index is 13.1. The van der Waals surface area contributed by atoms with E-state index in [0.717, 1.165) is 0 Å². The summed E-state index contributed by atoms with van der Waals surface area (Å²) < 4.78 is 18.5. The third-order valence-electron chi connectivity index (χ3n) is 5.86. The van der Waals surface area contributed by atoms with E-state index in [1.165, 1.54) is 29.2 Å². The number of amides is 3. The van der Waals surface area contributed by atoms with Gasteiger partial charge in [0.25, 0.3) is 11.8 Å². The van der Waals surface area contributed by atoms with Crippen LogP contribution in [-0.2, 0) is 9.59 Å². The molecule has 0 bridgehead atoms. The van der Waals surface area contributed by atoms with Gasteiger partial charge in [0.1, 0.15) is 11.6 Å². The van der Waals surface area contributed by atoms with Crippen LogP contribution in [0.1, 0.15) is 36.5 Å². The predicted molar refractivity (Wildman–Crippen MR) is 117 cm³/mol. The van der Waals surface area contributed by atoms with E-state index in [4.69, 9.17) is 4.74 Å². The van der Waals surface area contributed by atoms with Crippen LogP contribution >= 0.6 is 0 Å². The molecule has 0 aliphatic carbocycles. The maximum absolute atomic E-state index is 13.1. The molecule has 2 aliphatic heterocycles. The summed E-state index contributed by atoms with van der Waals surface area (Å²) in [5, 5.41) is 3.31. The molecule has 0 aromatic heterocycles. The predicted octanol–water partition coefficient (Wildman–Crippen LogP) is 2.75. The van der Waals surface area contributed by atoms with E-state index in [-0.39, 0.29) is 36.0 Å². The summed E-state index contributed by atoms with van der Waals surface area (Å²) in [7, 11) is 0. The van der Waals surface area contributed by atoms with Crippen LogP contribution in [0, 0.1) is 5.82 Å². The van der Waals surface area contributed by atoms with E-state index in [9.17, 15) is 18.8 Å². The second-order valence-corrected chi connectivity index (χ2v) is 7.99. The highest BCUT2D eigenvalue weighted by Crippen LogP contribution is 2.26. The number of anilines is 1. The molecule has 2 saturated heterocycles. The molecule has 0 radical (unpaired) electrons. The van der Waals surface area contributed by atoms with Gasteiger partial charge in [-0.15, -0.1) is 0 Å². The van der Waals surface area contributed by atoms with Crippen LogP contribution in [0.15, 0.2) is 48.5 Å². The van der Waals surface area contributed by atoms with Gasteiger partial charge in [0.15, 0.2) is 0 Å². The van der Waals surface area contributed by atoms with Crippen molar-refractivity contribution in [3.05, 3.63) is 59.9 Å². The van der Waals surface area contributed by atoms with Crippen LogP contribution < -0.4 is 15.0 Å². The molecule has 0 spiro atoms. The number of benzene rings is 2. The third kappa shape index (κ3) is 4.65. The number of ether oxygens (including phenoxy) is 1. The van der Waals surface area contributed by atoms with Crippen molar-refractivity contribution in [3.63, 3.8) is 0 Å². The van der Waals surface area contributed by atoms with E-state index in [1.54, 1.807) is 29.2 Å². The van der Waals surface area contributed by atoms with Gasteiger partial charge in [-0.2, -0.15) is 0 Å². The standard InChI is InChI=1S/C24H26FN3O4/c1-2-32-20-9-7-19(8-10-20)28-22(29)15-21(24(28)31)26-18-11-13-27(14-12-18)23(30)16-3-5-17(25)6-4-16/h3-10,18,21,26H,2,11-15H2,1H3/t21-/m0/s1. The number of halogens is 1. The third-order valence-corrected chi connectivity index (χ3v) is 5.86. The molecular formula is C24H26FN3O4. The number of carbonyl (C=O) groups is 3. The van der Waals surface area contributed by atoms with Crippen LogP contribution in [0.25, 0.3) is 0 Å². The van der Waals surface area contributed by atoms with Gasteiger partial charge in [-0.05, 0) is 68.3 Å². The topological polar surface area (TPSA) is 79.0 Å². The van der Waals surface area contributed by atoms with Crippen molar-refractivity contribution in [2.45, 2.75) is 38.3 Å². The molecule has 32 heavy (non-hydrogen) atoms. The zero-order valence-corrected chi connectivity index (χ0v) is 17.9. The zero-order chi connectivity index (χ0) is 22.7. The maximum Gasteiger partial charge on any atom is 0.253 e. The highest BCUT2D eigenvalue weighted by molar-refractivity contribution is 6.22. The molecule has 0 unspecified atom stereocenters. The molecule has 1 N–H and O–H groups in total. The Morgan fingerprint density at radius 1 is 1.06 bits per heavy atom. The van der Waals surface area contributed by atoms with Crippen molar-refractivity contribution >= 4 is 23.4 Å². The Bertz CT molecular complexity index is 985. The number of likely N-dealkylation sites (tertiary alicyclic amines) is 1. The van der Waals surface area contributed by atoms with Gasteiger partial charge in [0, 0.05) is 24.7 Å². The van der Waals surface area contributed by atoms with E-state index >= 15 is 0 Å². The lowest BCUT2D eigenvalue weighted by Crippen LogP contribution is -2.49. The minimum atomic E-state index is -0.571. The summed E-state index contributed by atoms with van der Waals surface area (Å²) in [4.78, 5) is 41.0. The first kappa shape index (κ1) is 22.0. The van der Waals surface area contributed by atoms with Gasteiger partial charge in [-0.3, -0.25) is 14.4 Å². The SMILES string of the molecule is CCOc1ccc(N2C(=O)C[C@H](NC3CCN(C(=O)c4ccc(F)cc4)CC3)C2=O)cc1. The second kappa shape index (κ2) is 9.48. The number of rotatable bonds is 6. The van der Waals surface area contributed by atoms with Crippen LogP contribution in [0.3, 0.4) is 0 Å². The number of nitrogens with one attached hydrogen (secondary N) is 1. The Kier molecular flexibility index (Phi) is 6.50. The summed E-state index contributed by atoms with van der Waals surface area (Å²) in [5.41, 5.74) is 0.993. The van der Waals surface area contributed by atoms with E-state index in [2.05, 4.69) is 5.32 Å². The molecule has 1 atom stereocenters. The van der Waals surface area contributed by atoms with E-state index < -0.39 is 6.04 Å². The first-order valence-electron chi connectivity index (χ1n) is 10.9. The molecular weight excluding hydrogens is 413 g/mol. The van der Waals surface area contributed by atoms with Gasteiger partial charge in [-0.1, -0.05) is 0 Å². The molecule has 2 aromatic carbocycles. The highest BCUT2D eigenvalue weighted by Gasteiger charge is 2.40. The minimum absolute atomic E-state index is 0.0364. The fourth-order valence-electron chi connectivity index (χ4n) is 4.20. The van der Waals surface area contributed by atoms with Crippen LogP contribution in [-0.4, -0.2) is 54.4 Å².